The molecule has 22 nitrogen and oxygen atoms in total. The standard InChI is InChI=1S/C29H31N5O17S5/c1-17-14-23(24(49-3)16-25(17)53(38,39)13-11-51-56(46,47)48)32-34-28-26(54(40,41)42)15-21-20(29(28)35)8-9-22(30-2)27(21)33-31-18-4-6-19(7-5-18)52(36,37)12-10-50-55(43,44)45/h4-9,14-16,30,35H,10-13H2,1-3H3,(H,40,41,42)(H,43,44,45)(H,46,47,48). The summed E-state index contributed by atoms with van der Waals surface area (Å²) in [6, 6.07) is 10.7. The molecule has 4 aromatic carbocycles. The lowest BCUT2D eigenvalue weighted by Gasteiger charge is -2.13. The normalized spacial score (nSPS) is 13.2. The van der Waals surface area contributed by atoms with Crippen LogP contribution in [0.15, 0.2) is 89.7 Å². The van der Waals surface area contributed by atoms with Gasteiger partial charge in [-0.2, -0.15) is 30.4 Å². The maximum Gasteiger partial charge on any atom is 0.397 e. The molecule has 56 heavy (non-hydrogen) atoms. The van der Waals surface area contributed by atoms with E-state index in [1.807, 2.05) is 0 Å². The van der Waals surface area contributed by atoms with Gasteiger partial charge in [-0.15, -0.1) is 15.3 Å². The van der Waals surface area contributed by atoms with Crippen molar-refractivity contribution in [3.8, 4) is 11.5 Å². The molecule has 4 rings (SSSR count). The van der Waals surface area contributed by atoms with Crippen LogP contribution >= 0.6 is 0 Å². The number of hydrogen-bond acceptors (Lipinski definition) is 19. The molecule has 27 heteroatoms. The Labute approximate surface area is 320 Å². The number of hydrogen-bond donors (Lipinski definition) is 5. The minimum Gasteiger partial charge on any atom is -0.505 e. The van der Waals surface area contributed by atoms with Crippen molar-refractivity contribution in [2.45, 2.75) is 21.6 Å². The Morgan fingerprint density at radius 1 is 0.661 bits per heavy atom. The van der Waals surface area contributed by atoms with E-state index in [9.17, 15) is 51.7 Å². The highest BCUT2D eigenvalue weighted by molar-refractivity contribution is 7.91. The first-order chi connectivity index (χ1) is 25.9. The molecule has 4 aromatic rings. The van der Waals surface area contributed by atoms with Gasteiger partial charge in [-0.1, -0.05) is 0 Å². The van der Waals surface area contributed by atoms with Crippen LogP contribution in [0.5, 0.6) is 11.5 Å². The van der Waals surface area contributed by atoms with Gasteiger partial charge in [0.1, 0.15) is 27.7 Å². The average Bonchev–Trinajstić information content (AvgIpc) is 3.08. The molecule has 0 unspecified atom stereocenters. The zero-order chi connectivity index (χ0) is 41.9. The summed E-state index contributed by atoms with van der Waals surface area (Å²) < 4.78 is 160. The maximum atomic E-state index is 12.9. The van der Waals surface area contributed by atoms with Crippen molar-refractivity contribution in [2.75, 3.05) is 44.2 Å². The number of methoxy groups -OCH3 is 1. The number of benzene rings is 4. The van der Waals surface area contributed by atoms with E-state index in [0.29, 0.717) is 0 Å². The molecule has 304 valence electrons. The summed E-state index contributed by atoms with van der Waals surface area (Å²) in [7, 11) is -20.5. The lowest BCUT2D eigenvalue weighted by Crippen LogP contribution is -2.16. The van der Waals surface area contributed by atoms with Crippen LogP contribution in [0.3, 0.4) is 0 Å². The third kappa shape index (κ3) is 11.0. The topological polar surface area (TPSA) is 341 Å². The largest absolute Gasteiger partial charge is 0.505 e. The van der Waals surface area contributed by atoms with Gasteiger partial charge in [0.2, 0.25) is 0 Å². The molecule has 0 fully saturated rings. The number of nitrogens with zero attached hydrogens (tertiary/aromatic N) is 4. The third-order valence-electron chi connectivity index (χ3n) is 7.45. The van der Waals surface area contributed by atoms with Gasteiger partial charge in [0.15, 0.2) is 25.4 Å². The molecule has 0 aromatic heterocycles. The molecule has 0 amide bonds. The Hall–Kier alpha value is -4.71. The fraction of sp³-hybridized carbons (Fsp3) is 0.241. The number of nitrogens with one attached hydrogen (secondary N) is 1. The van der Waals surface area contributed by atoms with Gasteiger partial charge in [0.25, 0.3) is 10.1 Å². The number of phenols is 1. The fourth-order valence-electron chi connectivity index (χ4n) is 4.90. The van der Waals surface area contributed by atoms with Gasteiger partial charge < -0.3 is 15.2 Å². The third-order valence-corrected chi connectivity index (χ3v) is 12.8. The fourth-order valence-corrected chi connectivity index (χ4v) is 8.79. The zero-order valence-corrected chi connectivity index (χ0v) is 33.0. The molecule has 0 atom stereocenters. The van der Waals surface area contributed by atoms with Crippen molar-refractivity contribution in [3.05, 3.63) is 60.2 Å². The van der Waals surface area contributed by atoms with Gasteiger partial charge in [-0.25, -0.2) is 25.2 Å². The number of aromatic hydroxyl groups is 1. The van der Waals surface area contributed by atoms with Crippen molar-refractivity contribution >= 4 is 89.8 Å². The number of ether oxygens (including phenoxy) is 1. The van der Waals surface area contributed by atoms with Gasteiger partial charge >= 0.3 is 20.8 Å². The SMILES string of the molecule is CNc1ccc2c(O)c(N=Nc3cc(C)c(S(=O)(=O)CCOS(=O)(=O)O)cc3OC)c(S(=O)(=O)O)cc2c1N=Nc1ccc(S(=O)(=O)CCOS(=O)(=O)O)cc1. The number of anilines is 1. The number of aryl methyl sites for hydroxylation is 1. The molecule has 0 bridgehead atoms. The van der Waals surface area contributed by atoms with Gasteiger partial charge in [-0.05, 0) is 61.0 Å². The van der Waals surface area contributed by atoms with E-state index in [1.165, 1.54) is 44.3 Å². The van der Waals surface area contributed by atoms with E-state index in [4.69, 9.17) is 13.8 Å². The molecule has 0 aliphatic rings. The van der Waals surface area contributed by atoms with E-state index in [-0.39, 0.29) is 54.6 Å². The predicted molar refractivity (Wildman–Crippen MR) is 197 cm³/mol. The first-order valence-corrected chi connectivity index (χ1v) is 22.6. The molecular formula is C29H31N5O17S5. The highest BCUT2D eigenvalue weighted by Gasteiger charge is 2.26. The summed E-state index contributed by atoms with van der Waals surface area (Å²) in [6.45, 7) is -0.386. The van der Waals surface area contributed by atoms with Crippen LogP contribution in [-0.2, 0) is 59.0 Å². The van der Waals surface area contributed by atoms with Crippen LogP contribution in [-0.4, -0.2) is 99.7 Å². The minimum absolute atomic E-state index is 0.0513. The highest BCUT2D eigenvalue weighted by Crippen LogP contribution is 2.47. The van der Waals surface area contributed by atoms with Crippen molar-refractivity contribution < 1.29 is 74.0 Å². The number of azo groups is 2. The molecule has 0 spiro atoms. The van der Waals surface area contributed by atoms with Crippen LogP contribution in [0.1, 0.15) is 5.56 Å². The summed E-state index contributed by atoms with van der Waals surface area (Å²) in [4.78, 5) is -1.50. The van der Waals surface area contributed by atoms with Crippen LogP contribution in [0.2, 0.25) is 0 Å². The molecule has 0 heterocycles. The van der Waals surface area contributed by atoms with Crippen molar-refractivity contribution in [2.24, 2.45) is 20.5 Å². The van der Waals surface area contributed by atoms with Gasteiger partial charge in [0.05, 0.1) is 53.0 Å². The van der Waals surface area contributed by atoms with Crippen LogP contribution < -0.4 is 10.1 Å². The van der Waals surface area contributed by atoms with Crippen molar-refractivity contribution in [1.29, 1.82) is 0 Å². The molecule has 0 saturated heterocycles. The van der Waals surface area contributed by atoms with Crippen molar-refractivity contribution in [3.63, 3.8) is 0 Å². The molecular weight excluding hydrogens is 851 g/mol. The number of rotatable bonds is 17. The quantitative estimate of drug-likeness (QED) is 0.0733. The minimum atomic E-state index is -5.16. The smallest absolute Gasteiger partial charge is 0.397 e. The van der Waals surface area contributed by atoms with Crippen molar-refractivity contribution in [1.82, 2.24) is 0 Å². The Kier molecular flexibility index (Phi) is 13.2. The summed E-state index contributed by atoms with van der Waals surface area (Å²) in [6.07, 6.45) is 0. The van der Waals surface area contributed by atoms with E-state index in [1.54, 1.807) is 0 Å². The Balaban J connectivity index is 1.75. The maximum absolute atomic E-state index is 12.9. The lowest BCUT2D eigenvalue weighted by atomic mass is 10.1. The predicted octanol–water partition coefficient (Wildman–Crippen LogP) is 4.17. The molecule has 5 N–H and O–H groups in total. The summed E-state index contributed by atoms with van der Waals surface area (Å²) >= 11 is 0. The summed E-state index contributed by atoms with van der Waals surface area (Å²) in [5.74, 6) is -2.63. The number of sulfone groups is 2. The first kappa shape index (κ1) is 44.0. The van der Waals surface area contributed by atoms with Gasteiger partial charge in [-0.3, -0.25) is 13.7 Å². The molecule has 0 radical (unpaired) electrons. The number of phenolic OH excluding ortho intramolecular Hbond substituents is 1. The molecule has 0 aliphatic carbocycles. The lowest BCUT2D eigenvalue weighted by molar-refractivity contribution is 0.282. The van der Waals surface area contributed by atoms with E-state index in [2.05, 4.69) is 34.1 Å². The second-order valence-corrected chi connectivity index (χ2v) is 18.9. The first-order valence-electron chi connectivity index (χ1n) is 15.2. The van der Waals surface area contributed by atoms with Crippen LogP contribution in [0.4, 0.5) is 28.4 Å². The number of fused-ring (bicyclic) bond motifs is 1. The highest BCUT2D eigenvalue weighted by atomic mass is 32.3. The summed E-state index contributed by atoms with van der Waals surface area (Å²) in [5, 5.41) is 30.1. The van der Waals surface area contributed by atoms with E-state index in [0.717, 1.165) is 31.4 Å². The monoisotopic (exact) mass is 881 g/mol. The van der Waals surface area contributed by atoms with E-state index >= 15 is 0 Å². The average molecular weight is 882 g/mol. The molecule has 0 saturated carbocycles. The Morgan fingerprint density at radius 2 is 1.23 bits per heavy atom. The molecule has 0 aliphatic heterocycles. The zero-order valence-electron chi connectivity index (χ0n) is 29.0. The van der Waals surface area contributed by atoms with E-state index < -0.39 is 91.6 Å². The second kappa shape index (κ2) is 16.8. The van der Waals surface area contributed by atoms with Crippen LogP contribution in [0, 0.1) is 6.92 Å². The Morgan fingerprint density at radius 3 is 1.77 bits per heavy atom. The van der Waals surface area contributed by atoms with Crippen LogP contribution in [0.25, 0.3) is 10.8 Å². The second-order valence-electron chi connectivity index (χ2n) is 11.2. The summed E-state index contributed by atoms with van der Waals surface area (Å²) in [5.41, 5.74) is -0.545. The van der Waals surface area contributed by atoms with Gasteiger partial charge in [0, 0.05) is 23.9 Å². The Bertz CT molecular complexity index is 2790.